The number of rotatable bonds is 4. The third-order valence-electron chi connectivity index (χ3n) is 3.95. The highest BCUT2D eigenvalue weighted by Gasteiger charge is 2.93. The maximum absolute atomic E-state index is 14.2. The van der Waals surface area contributed by atoms with Gasteiger partial charge in [-0.2, -0.15) is 57.1 Å². The summed E-state index contributed by atoms with van der Waals surface area (Å²) >= 11 is 0. The first-order valence-electron chi connectivity index (χ1n) is 6.82. The van der Waals surface area contributed by atoms with E-state index in [4.69, 9.17) is 0 Å². The van der Waals surface area contributed by atoms with Crippen LogP contribution in [0.25, 0.3) is 0 Å². The summed E-state index contributed by atoms with van der Waals surface area (Å²) in [5, 5.41) is 0. The Kier molecular flexibility index (Phi) is 5.76. The summed E-state index contributed by atoms with van der Waals surface area (Å²) in [5.41, 5.74) is -13.0. The molecule has 0 radical (unpaired) electrons. The SMILES string of the molecule is Cc1cccc(CF)c1C(C(F)(F)F)(C(F)(F)F)C(F)(F)C(F)(F)C(F)(F)F. The van der Waals surface area contributed by atoms with Crippen LogP contribution in [0.2, 0.25) is 0 Å². The Labute approximate surface area is 147 Å². The highest BCUT2D eigenvalue weighted by molar-refractivity contribution is 5.46. The molecule has 1 rings (SSSR count). The van der Waals surface area contributed by atoms with Crippen molar-refractivity contribution in [2.75, 3.05) is 0 Å². The molecule has 0 nitrogen and oxygen atoms in total. The van der Waals surface area contributed by atoms with E-state index in [0.29, 0.717) is 19.1 Å². The third kappa shape index (κ3) is 3.08. The average molecular weight is 442 g/mol. The van der Waals surface area contributed by atoms with Gasteiger partial charge in [-0.1, -0.05) is 18.2 Å². The minimum Gasteiger partial charge on any atom is -0.246 e. The van der Waals surface area contributed by atoms with Crippen LogP contribution < -0.4 is 0 Å². The normalized spacial score (nSPS) is 15.1. The lowest BCUT2D eigenvalue weighted by molar-refractivity contribution is -0.432. The smallest absolute Gasteiger partial charge is 0.246 e. The summed E-state index contributed by atoms with van der Waals surface area (Å²) in [6, 6.07) is 1.06. The van der Waals surface area contributed by atoms with E-state index in [2.05, 4.69) is 0 Å². The van der Waals surface area contributed by atoms with E-state index in [1.807, 2.05) is 0 Å². The Hall–Kier alpha value is -1.76. The van der Waals surface area contributed by atoms with Crippen LogP contribution in [-0.4, -0.2) is 30.4 Å². The molecule has 0 spiro atoms. The molecular formula is C14H8F14. The molecule has 1 aromatic carbocycles. The molecule has 28 heavy (non-hydrogen) atoms. The fraction of sp³-hybridized carbons (Fsp3) is 0.571. The van der Waals surface area contributed by atoms with Crippen molar-refractivity contribution in [2.24, 2.45) is 0 Å². The van der Waals surface area contributed by atoms with Crippen LogP contribution in [0, 0.1) is 6.92 Å². The molecule has 0 bridgehead atoms. The Balaban J connectivity index is 4.32. The van der Waals surface area contributed by atoms with Crippen molar-refractivity contribution < 1.29 is 61.5 Å². The average Bonchev–Trinajstić information content (AvgIpc) is 2.44. The molecular weight excluding hydrogens is 434 g/mol. The largest absolute Gasteiger partial charge is 0.459 e. The molecule has 0 atom stereocenters. The molecule has 0 unspecified atom stereocenters. The summed E-state index contributed by atoms with van der Waals surface area (Å²) in [6.07, 6.45) is -22.4. The van der Waals surface area contributed by atoms with Crippen molar-refractivity contribution in [3.63, 3.8) is 0 Å². The second-order valence-electron chi connectivity index (χ2n) is 5.63. The maximum atomic E-state index is 14.2. The summed E-state index contributed by atoms with van der Waals surface area (Å²) in [6.45, 7) is -1.97. The van der Waals surface area contributed by atoms with Gasteiger partial charge in [0.15, 0.2) is 0 Å². The summed E-state index contributed by atoms with van der Waals surface area (Å²) in [4.78, 5) is 0. The van der Waals surface area contributed by atoms with E-state index < -0.39 is 59.2 Å². The van der Waals surface area contributed by atoms with Crippen molar-refractivity contribution in [3.05, 3.63) is 34.9 Å². The minimum atomic E-state index is -7.83. The minimum absolute atomic E-state index is 0.135. The zero-order valence-electron chi connectivity index (χ0n) is 13.2. The van der Waals surface area contributed by atoms with Gasteiger partial charge in [0.25, 0.3) is 5.41 Å². The Morgan fingerprint density at radius 3 is 1.39 bits per heavy atom. The molecule has 0 aliphatic rings. The fourth-order valence-corrected chi connectivity index (χ4v) is 2.75. The molecule has 0 heterocycles. The molecule has 0 fully saturated rings. The first-order valence-corrected chi connectivity index (χ1v) is 6.82. The highest BCUT2D eigenvalue weighted by Crippen LogP contribution is 2.66. The first kappa shape index (κ1) is 24.3. The van der Waals surface area contributed by atoms with Crippen LogP contribution in [0.4, 0.5) is 61.5 Å². The van der Waals surface area contributed by atoms with Gasteiger partial charge in [-0.05, 0) is 23.6 Å². The number of hydrogen-bond donors (Lipinski definition) is 0. The Morgan fingerprint density at radius 1 is 0.643 bits per heavy atom. The molecule has 14 heteroatoms. The lowest BCUT2D eigenvalue weighted by Crippen LogP contribution is -2.73. The fourth-order valence-electron chi connectivity index (χ4n) is 2.75. The lowest BCUT2D eigenvalue weighted by Gasteiger charge is -2.46. The molecule has 162 valence electrons. The Bertz CT molecular complexity index is 692. The monoisotopic (exact) mass is 442 g/mol. The van der Waals surface area contributed by atoms with Gasteiger partial charge in [-0.25, -0.2) is 4.39 Å². The van der Waals surface area contributed by atoms with Crippen LogP contribution in [0.3, 0.4) is 0 Å². The summed E-state index contributed by atoms with van der Waals surface area (Å²) in [7, 11) is 0. The van der Waals surface area contributed by atoms with E-state index >= 15 is 0 Å². The summed E-state index contributed by atoms with van der Waals surface area (Å²) in [5.74, 6) is -15.6. The van der Waals surface area contributed by atoms with Crippen molar-refractivity contribution in [1.29, 1.82) is 0 Å². The van der Waals surface area contributed by atoms with Gasteiger partial charge in [-0.3, -0.25) is 0 Å². The van der Waals surface area contributed by atoms with Crippen LogP contribution in [0.1, 0.15) is 16.7 Å². The van der Waals surface area contributed by atoms with Crippen molar-refractivity contribution in [1.82, 2.24) is 0 Å². The number of aryl methyl sites for hydroxylation is 1. The zero-order chi connectivity index (χ0) is 22.6. The molecule has 1 aromatic rings. The molecule has 0 saturated carbocycles. The molecule has 0 aromatic heterocycles. The van der Waals surface area contributed by atoms with Crippen molar-refractivity contribution >= 4 is 0 Å². The van der Waals surface area contributed by atoms with E-state index in [9.17, 15) is 61.5 Å². The maximum Gasteiger partial charge on any atom is 0.459 e. The van der Waals surface area contributed by atoms with Gasteiger partial charge in [-0.15, -0.1) is 0 Å². The predicted octanol–water partition coefficient (Wildman–Crippen LogP) is 6.66. The van der Waals surface area contributed by atoms with Crippen LogP contribution in [0.5, 0.6) is 0 Å². The van der Waals surface area contributed by atoms with Crippen molar-refractivity contribution in [3.8, 4) is 0 Å². The van der Waals surface area contributed by atoms with Gasteiger partial charge in [0.1, 0.15) is 6.67 Å². The van der Waals surface area contributed by atoms with Gasteiger partial charge in [0.05, 0.1) is 0 Å². The first-order chi connectivity index (χ1) is 12.2. The van der Waals surface area contributed by atoms with Crippen molar-refractivity contribution in [2.45, 2.75) is 49.4 Å². The van der Waals surface area contributed by atoms with Crippen LogP contribution in [-0.2, 0) is 12.1 Å². The van der Waals surface area contributed by atoms with Crippen LogP contribution >= 0.6 is 0 Å². The van der Waals surface area contributed by atoms with E-state index in [1.165, 1.54) is 0 Å². The second-order valence-corrected chi connectivity index (χ2v) is 5.63. The highest BCUT2D eigenvalue weighted by atomic mass is 19.4. The topological polar surface area (TPSA) is 0 Å². The standard InChI is InChI=1S/C14H8F14/c1-6-3-2-4-7(5-15)8(6)9(12(20,21)22,13(23,24)25)10(16,17)11(18,19)14(26,27)28/h2-4H,5H2,1H3. The van der Waals surface area contributed by atoms with Gasteiger partial charge in [0, 0.05) is 0 Å². The predicted molar refractivity (Wildman–Crippen MR) is 65.7 cm³/mol. The van der Waals surface area contributed by atoms with Gasteiger partial charge < -0.3 is 0 Å². The Morgan fingerprint density at radius 2 is 1.07 bits per heavy atom. The molecule has 0 saturated heterocycles. The van der Waals surface area contributed by atoms with E-state index in [-0.39, 0.29) is 6.07 Å². The second kappa shape index (κ2) is 6.65. The third-order valence-corrected chi connectivity index (χ3v) is 3.95. The number of hydrogen-bond acceptors (Lipinski definition) is 0. The number of alkyl halides is 14. The molecule has 0 aliphatic carbocycles. The van der Waals surface area contributed by atoms with Gasteiger partial charge >= 0.3 is 30.4 Å². The van der Waals surface area contributed by atoms with Gasteiger partial charge in [0.2, 0.25) is 0 Å². The molecule has 0 aliphatic heterocycles. The number of halogens is 14. The van der Waals surface area contributed by atoms with E-state index in [0.717, 1.165) is 0 Å². The quantitative estimate of drug-likeness (QED) is 0.458. The molecule has 0 amide bonds. The lowest BCUT2D eigenvalue weighted by atomic mass is 9.67. The summed E-state index contributed by atoms with van der Waals surface area (Å²) < 4.78 is 186. The van der Waals surface area contributed by atoms with Crippen LogP contribution in [0.15, 0.2) is 18.2 Å². The molecule has 0 N–H and O–H groups in total. The zero-order valence-corrected chi connectivity index (χ0v) is 13.2. The van der Waals surface area contributed by atoms with E-state index in [1.54, 1.807) is 0 Å². The number of benzene rings is 1.